The number of aromatic nitrogens is 2. The Morgan fingerprint density at radius 3 is 3.05 bits per heavy atom. The first-order chi connectivity index (χ1) is 9.72. The molecule has 0 spiro atoms. The van der Waals surface area contributed by atoms with E-state index in [0.29, 0.717) is 12.0 Å². The maximum Gasteiger partial charge on any atom is 0.203 e. The van der Waals surface area contributed by atoms with Crippen molar-refractivity contribution in [3.05, 3.63) is 24.3 Å². The van der Waals surface area contributed by atoms with Crippen LogP contribution >= 0.6 is 0 Å². The van der Waals surface area contributed by atoms with E-state index >= 15 is 0 Å². The maximum atomic E-state index is 5.96. The Hall–Kier alpha value is -1.55. The molecule has 1 aliphatic rings. The Bertz CT molecular complexity index is 531. The zero-order valence-electron chi connectivity index (χ0n) is 12.3. The van der Waals surface area contributed by atoms with Gasteiger partial charge in [0.15, 0.2) is 0 Å². The molecule has 0 radical (unpaired) electrons. The number of rotatable bonds is 5. The number of benzene rings is 1. The van der Waals surface area contributed by atoms with Crippen LogP contribution in [-0.4, -0.2) is 35.8 Å². The number of imidazole rings is 1. The standard InChI is InChI=1S/C16H23N3O/c1-12(2)8-10-20-13-7-9-19(11-13)16-17-14-5-3-4-6-15(14)18-16/h3-6,12-13H,7-11H2,1-2H3,(H,17,18). The Kier molecular flexibility index (Phi) is 3.92. The summed E-state index contributed by atoms with van der Waals surface area (Å²) < 4.78 is 5.96. The first-order valence-electron chi connectivity index (χ1n) is 7.53. The fourth-order valence-electron chi connectivity index (χ4n) is 2.62. The molecule has 1 aromatic carbocycles. The third-order valence-corrected chi connectivity index (χ3v) is 3.87. The number of hydrogen-bond donors (Lipinski definition) is 1. The van der Waals surface area contributed by atoms with Gasteiger partial charge in [-0.1, -0.05) is 26.0 Å². The molecule has 2 heterocycles. The first-order valence-corrected chi connectivity index (χ1v) is 7.53. The summed E-state index contributed by atoms with van der Waals surface area (Å²) in [5, 5.41) is 0. The highest BCUT2D eigenvalue weighted by Gasteiger charge is 2.25. The molecule has 4 heteroatoms. The van der Waals surface area contributed by atoms with Crippen molar-refractivity contribution >= 4 is 17.0 Å². The van der Waals surface area contributed by atoms with Gasteiger partial charge < -0.3 is 14.6 Å². The van der Waals surface area contributed by atoms with Gasteiger partial charge >= 0.3 is 0 Å². The van der Waals surface area contributed by atoms with E-state index in [1.54, 1.807) is 0 Å². The van der Waals surface area contributed by atoms with Crippen LogP contribution in [0.25, 0.3) is 11.0 Å². The quantitative estimate of drug-likeness (QED) is 0.909. The SMILES string of the molecule is CC(C)CCOC1CCN(c2nc3ccccc3[nH]2)C1. The van der Waals surface area contributed by atoms with Crippen LogP contribution in [0.3, 0.4) is 0 Å². The van der Waals surface area contributed by atoms with Crippen molar-refractivity contribution in [2.45, 2.75) is 32.8 Å². The van der Waals surface area contributed by atoms with Gasteiger partial charge in [-0.3, -0.25) is 0 Å². The summed E-state index contributed by atoms with van der Waals surface area (Å²) in [6, 6.07) is 8.17. The number of fused-ring (bicyclic) bond motifs is 1. The Balaban J connectivity index is 1.59. The van der Waals surface area contributed by atoms with E-state index in [2.05, 4.69) is 34.8 Å². The summed E-state index contributed by atoms with van der Waals surface area (Å²) in [6.45, 7) is 7.30. The molecule has 108 valence electrons. The van der Waals surface area contributed by atoms with E-state index in [1.807, 2.05) is 18.2 Å². The van der Waals surface area contributed by atoms with Gasteiger partial charge in [0.25, 0.3) is 0 Å². The molecule has 1 aliphatic heterocycles. The number of para-hydroxylation sites is 2. The highest BCUT2D eigenvalue weighted by Crippen LogP contribution is 2.22. The highest BCUT2D eigenvalue weighted by atomic mass is 16.5. The van der Waals surface area contributed by atoms with Crippen LogP contribution in [0.2, 0.25) is 0 Å². The van der Waals surface area contributed by atoms with Gasteiger partial charge in [0.1, 0.15) is 0 Å². The lowest BCUT2D eigenvalue weighted by Crippen LogP contribution is -2.24. The molecule has 0 amide bonds. The summed E-state index contributed by atoms with van der Waals surface area (Å²) >= 11 is 0. The van der Waals surface area contributed by atoms with E-state index in [1.165, 1.54) is 0 Å². The van der Waals surface area contributed by atoms with Gasteiger partial charge in [0.05, 0.1) is 17.1 Å². The van der Waals surface area contributed by atoms with Crippen molar-refractivity contribution in [3.8, 4) is 0 Å². The molecule has 1 atom stereocenters. The molecular weight excluding hydrogens is 250 g/mol. The fourth-order valence-corrected chi connectivity index (χ4v) is 2.62. The summed E-state index contributed by atoms with van der Waals surface area (Å²) in [5.74, 6) is 1.68. The molecule has 20 heavy (non-hydrogen) atoms. The predicted octanol–water partition coefficient (Wildman–Crippen LogP) is 3.20. The summed E-state index contributed by atoms with van der Waals surface area (Å²) in [4.78, 5) is 10.3. The molecule has 2 aromatic rings. The van der Waals surface area contributed by atoms with Crippen molar-refractivity contribution in [2.24, 2.45) is 5.92 Å². The average molecular weight is 273 g/mol. The lowest BCUT2D eigenvalue weighted by molar-refractivity contribution is 0.0608. The second-order valence-electron chi connectivity index (χ2n) is 5.99. The normalized spacial score (nSPS) is 19.4. The molecule has 4 nitrogen and oxygen atoms in total. The van der Waals surface area contributed by atoms with Crippen LogP contribution in [-0.2, 0) is 4.74 Å². The van der Waals surface area contributed by atoms with Crippen LogP contribution in [0.5, 0.6) is 0 Å². The topological polar surface area (TPSA) is 41.1 Å². The van der Waals surface area contributed by atoms with Gasteiger partial charge in [-0.15, -0.1) is 0 Å². The van der Waals surface area contributed by atoms with Crippen LogP contribution in [0, 0.1) is 5.92 Å². The molecule has 1 N–H and O–H groups in total. The van der Waals surface area contributed by atoms with Gasteiger partial charge in [0.2, 0.25) is 5.95 Å². The van der Waals surface area contributed by atoms with Crippen molar-refractivity contribution in [1.29, 1.82) is 0 Å². The summed E-state index contributed by atoms with van der Waals surface area (Å²) in [7, 11) is 0. The molecule has 1 saturated heterocycles. The van der Waals surface area contributed by atoms with E-state index < -0.39 is 0 Å². The lowest BCUT2D eigenvalue weighted by atomic mass is 10.1. The number of ether oxygens (including phenoxy) is 1. The van der Waals surface area contributed by atoms with Crippen molar-refractivity contribution in [3.63, 3.8) is 0 Å². The summed E-state index contributed by atoms with van der Waals surface area (Å²) in [5.41, 5.74) is 2.14. The number of hydrogen-bond acceptors (Lipinski definition) is 3. The minimum absolute atomic E-state index is 0.349. The number of anilines is 1. The number of aromatic amines is 1. The average Bonchev–Trinajstić information content (AvgIpc) is 3.03. The van der Waals surface area contributed by atoms with E-state index in [-0.39, 0.29) is 0 Å². The van der Waals surface area contributed by atoms with Crippen molar-refractivity contribution < 1.29 is 4.74 Å². The van der Waals surface area contributed by atoms with Crippen LogP contribution in [0.15, 0.2) is 24.3 Å². The van der Waals surface area contributed by atoms with Crippen LogP contribution in [0.1, 0.15) is 26.7 Å². The Morgan fingerprint density at radius 1 is 1.40 bits per heavy atom. The molecule has 1 aromatic heterocycles. The third kappa shape index (κ3) is 2.96. The predicted molar refractivity (Wildman–Crippen MR) is 82.1 cm³/mol. The van der Waals surface area contributed by atoms with Gasteiger partial charge in [0, 0.05) is 19.7 Å². The molecule has 3 rings (SSSR count). The van der Waals surface area contributed by atoms with Gasteiger partial charge in [-0.05, 0) is 30.9 Å². The third-order valence-electron chi connectivity index (χ3n) is 3.87. The monoisotopic (exact) mass is 273 g/mol. The van der Waals surface area contributed by atoms with E-state index in [4.69, 9.17) is 4.74 Å². The van der Waals surface area contributed by atoms with Crippen LogP contribution in [0.4, 0.5) is 5.95 Å². The molecule has 1 unspecified atom stereocenters. The van der Waals surface area contributed by atoms with E-state index in [9.17, 15) is 0 Å². The number of nitrogens with zero attached hydrogens (tertiary/aromatic N) is 2. The molecule has 0 saturated carbocycles. The van der Waals surface area contributed by atoms with Crippen molar-refractivity contribution in [1.82, 2.24) is 9.97 Å². The Labute approximate surface area is 120 Å². The molecule has 1 fully saturated rings. The van der Waals surface area contributed by atoms with Crippen molar-refractivity contribution in [2.75, 3.05) is 24.6 Å². The minimum Gasteiger partial charge on any atom is -0.376 e. The molecule has 0 aliphatic carbocycles. The fraction of sp³-hybridized carbons (Fsp3) is 0.562. The molecule has 0 bridgehead atoms. The smallest absolute Gasteiger partial charge is 0.203 e. The zero-order valence-corrected chi connectivity index (χ0v) is 12.3. The zero-order chi connectivity index (χ0) is 13.9. The van der Waals surface area contributed by atoms with Gasteiger partial charge in [-0.25, -0.2) is 4.98 Å². The van der Waals surface area contributed by atoms with E-state index in [0.717, 1.165) is 49.5 Å². The lowest BCUT2D eigenvalue weighted by Gasteiger charge is -2.15. The number of nitrogens with one attached hydrogen (secondary N) is 1. The molecular formula is C16H23N3O. The number of H-pyrrole nitrogens is 1. The Morgan fingerprint density at radius 2 is 2.25 bits per heavy atom. The highest BCUT2D eigenvalue weighted by molar-refractivity contribution is 5.77. The maximum absolute atomic E-state index is 5.96. The van der Waals surface area contributed by atoms with Crippen LogP contribution < -0.4 is 4.90 Å². The summed E-state index contributed by atoms with van der Waals surface area (Å²) in [6.07, 6.45) is 2.58. The first kappa shape index (κ1) is 13.4. The minimum atomic E-state index is 0.349. The second kappa shape index (κ2) is 5.83. The second-order valence-corrected chi connectivity index (χ2v) is 5.99. The largest absolute Gasteiger partial charge is 0.376 e. The van der Waals surface area contributed by atoms with Gasteiger partial charge in [-0.2, -0.15) is 0 Å².